The molecule has 0 saturated carbocycles. The van der Waals surface area contributed by atoms with E-state index in [0.717, 1.165) is 24.1 Å². The lowest BCUT2D eigenvalue weighted by Crippen LogP contribution is -2.20. The third-order valence-electron chi connectivity index (χ3n) is 2.63. The maximum atomic E-state index is 11.7. The smallest absolute Gasteiger partial charge is 0.227 e. The SMILES string of the molecule is CCCC(C)C(=O)Nc1ccc(CN)cc1. The second-order valence-electron chi connectivity index (χ2n) is 4.08. The highest BCUT2D eigenvalue weighted by Crippen LogP contribution is 2.12. The first-order valence-electron chi connectivity index (χ1n) is 5.77. The molecule has 0 saturated heterocycles. The van der Waals surface area contributed by atoms with Crippen LogP contribution in [0.1, 0.15) is 32.3 Å². The molecular formula is C13H20N2O. The first kappa shape index (κ1) is 12.7. The lowest BCUT2D eigenvalue weighted by molar-refractivity contribution is -0.119. The van der Waals surface area contributed by atoms with Gasteiger partial charge in [-0.2, -0.15) is 0 Å². The third-order valence-corrected chi connectivity index (χ3v) is 2.63. The van der Waals surface area contributed by atoms with Gasteiger partial charge in [0.2, 0.25) is 5.91 Å². The molecule has 0 fully saturated rings. The second-order valence-corrected chi connectivity index (χ2v) is 4.08. The summed E-state index contributed by atoms with van der Waals surface area (Å²) in [4.78, 5) is 11.7. The van der Waals surface area contributed by atoms with Crippen LogP contribution in [0.25, 0.3) is 0 Å². The van der Waals surface area contributed by atoms with Crippen molar-refractivity contribution in [3.05, 3.63) is 29.8 Å². The molecule has 0 aromatic heterocycles. The number of hydrogen-bond donors (Lipinski definition) is 2. The van der Waals surface area contributed by atoms with Crippen LogP contribution < -0.4 is 11.1 Å². The van der Waals surface area contributed by atoms with Gasteiger partial charge >= 0.3 is 0 Å². The normalized spacial score (nSPS) is 12.2. The molecule has 1 amide bonds. The molecule has 1 aromatic carbocycles. The van der Waals surface area contributed by atoms with Crippen LogP contribution in [-0.2, 0) is 11.3 Å². The highest BCUT2D eigenvalue weighted by Gasteiger charge is 2.11. The Morgan fingerprint density at radius 1 is 1.38 bits per heavy atom. The molecule has 1 aromatic rings. The van der Waals surface area contributed by atoms with Crippen molar-refractivity contribution >= 4 is 11.6 Å². The number of carbonyl (C=O) groups is 1. The Morgan fingerprint density at radius 3 is 2.50 bits per heavy atom. The summed E-state index contributed by atoms with van der Waals surface area (Å²) >= 11 is 0. The molecule has 3 heteroatoms. The molecule has 0 bridgehead atoms. The van der Waals surface area contributed by atoms with Gasteiger partial charge in [-0.1, -0.05) is 32.4 Å². The number of amides is 1. The first-order chi connectivity index (χ1) is 7.67. The number of hydrogen-bond acceptors (Lipinski definition) is 2. The number of nitrogens with two attached hydrogens (primary N) is 1. The molecule has 0 radical (unpaired) electrons. The van der Waals surface area contributed by atoms with E-state index in [1.807, 2.05) is 31.2 Å². The zero-order valence-electron chi connectivity index (χ0n) is 9.99. The first-order valence-corrected chi connectivity index (χ1v) is 5.77. The van der Waals surface area contributed by atoms with Crippen molar-refractivity contribution < 1.29 is 4.79 Å². The number of carbonyl (C=O) groups excluding carboxylic acids is 1. The van der Waals surface area contributed by atoms with Gasteiger partial charge in [-0.05, 0) is 24.1 Å². The summed E-state index contributed by atoms with van der Waals surface area (Å²) in [5.74, 6) is 0.154. The van der Waals surface area contributed by atoms with Crippen molar-refractivity contribution in [2.45, 2.75) is 33.2 Å². The van der Waals surface area contributed by atoms with Crippen LogP contribution in [0, 0.1) is 5.92 Å². The number of rotatable bonds is 5. The van der Waals surface area contributed by atoms with E-state index in [1.54, 1.807) is 0 Å². The van der Waals surface area contributed by atoms with Crippen molar-refractivity contribution in [2.75, 3.05) is 5.32 Å². The van der Waals surface area contributed by atoms with E-state index in [0.29, 0.717) is 6.54 Å². The average Bonchev–Trinajstić information content (AvgIpc) is 2.30. The molecule has 1 atom stereocenters. The molecule has 0 aliphatic heterocycles. The van der Waals surface area contributed by atoms with Gasteiger partial charge in [0.15, 0.2) is 0 Å². The van der Waals surface area contributed by atoms with Crippen LogP contribution in [0.4, 0.5) is 5.69 Å². The summed E-state index contributed by atoms with van der Waals surface area (Å²) < 4.78 is 0. The second kappa shape index (κ2) is 6.28. The van der Waals surface area contributed by atoms with Gasteiger partial charge in [0.1, 0.15) is 0 Å². The zero-order valence-corrected chi connectivity index (χ0v) is 9.99. The zero-order chi connectivity index (χ0) is 12.0. The predicted octanol–water partition coefficient (Wildman–Crippen LogP) is 2.52. The summed E-state index contributed by atoms with van der Waals surface area (Å²) in [5, 5.41) is 2.90. The Hall–Kier alpha value is -1.35. The minimum atomic E-state index is 0.0687. The van der Waals surface area contributed by atoms with Crippen LogP contribution in [0.15, 0.2) is 24.3 Å². The maximum Gasteiger partial charge on any atom is 0.227 e. The van der Waals surface area contributed by atoms with Gasteiger partial charge in [-0.15, -0.1) is 0 Å². The largest absolute Gasteiger partial charge is 0.326 e. The molecular weight excluding hydrogens is 200 g/mol. The lowest BCUT2D eigenvalue weighted by Gasteiger charge is -2.11. The summed E-state index contributed by atoms with van der Waals surface area (Å²) in [6.07, 6.45) is 1.95. The van der Waals surface area contributed by atoms with Crippen LogP contribution in [0.2, 0.25) is 0 Å². The molecule has 0 heterocycles. The molecule has 16 heavy (non-hydrogen) atoms. The Labute approximate surface area is 97.0 Å². The fourth-order valence-electron chi connectivity index (χ4n) is 1.55. The Balaban J connectivity index is 2.55. The van der Waals surface area contributed by atoms with Crippen molar-refractivity contribution in [1.29, 1.82) is 0 Å². The van der Waals surface area contributed by atoms with Crippen LogP contribution in [-0.4, -0.2) is 5.91 Å². The van der Waals surface area contributed by atoms with Crippen molar-refractivity contribution in [2.24, 2.45) is 11.7 Å². The molecule has 3 N–H and O–H groups in total. The predicted molar refractivity (Wildman–Crippen MR) is 67.0 cm³/mol. The molecule has 1 unspecified atom stereocenters. The summed E-state index contributed by atoms with van der Waals surface area (Å²) in [7, 11) is 0. The number of nitrogens with one attached hydrogen (secondary N) is 1. The minimum absolute atomic E-state index is 0.0687. The molecule has 3 nitrogen and oxygen atoms in total. The van der Waals surface area contributed by atoms with Gasteiger partial charge < -0.3 is 11.1 Å². The minimum Gasteiger partial charge on any atom is -0.326 e. The Kier molecular flexibility index (Phi) is 4.99. The maximum absolute atomic E-state index is 11.7. The monoisotopic (exact) mass is 220 g/mol. The van der Waals surface area contributed by atoms with E-state index in [9.17, 15) is 4.79 Å². The van der Waals surface area contributed by atoms with E-state index in [2.05, 4.69) is 12.2 Å². The fourth-order valence-corrected chi connectivity index (χ4v) is 1.55. The van der Waals surface area contributed by atoms with Crippen molar-refractivity contribution in [3.63, 3.8) is 0 Å². The van der Waals surface area contributed by atoms with Gasteiger partial charge in [0.25, 0.3) is 0 Å². The van der Waals surface area contributed by atoms with Crippen LogP contribution in [0.5, 0.6) is 0 Å². The molecule has 1 rings (SSSR count). The highest BCUT2D eigenvalue weighted by molar-refractivity contribution is 5.92. The van der Waals surface area contributed by atoms with Gasteiger partial charge in [-0.25, -0.2) is 0 Å². The summed E-state index contributed by atoms with van der Waals surface area (Å²) in [6, 6.07) is 7.64. The van der Waals surface area contributed by atoms with Crippen molar-refractivity contribution in [1.82, 2.24) is 0 Å². The van der Waals surface area contributed by atoms with Crippen LogP contribution >= 0.6 is 0 Å². The molecule has 0 aliphatic carbocycles. The van der Waals surface area contributed by atoms with Crippen molar-refractivity contribution in [3.8, 4) is 0 Å². The van der Waals surface area contributed by atoms with E-state index < -0.39 is 0 Å². The van der Waals surface area contributed by atoms with E-state index in [4.69, 9.17) is 5.73 Å². The lowest BCUT2D eigenvalue weighted by atomic mass is 10.1. The Morgan fingerprint density at radius 2 is 2.00 bits per heavy atom. The topological polar surface area (TPSA) is 55.1 Å². The van der Waals surface area contributed by atoms with Gasteiger partial charge in [0.05, 0.1) is 0 Å². The summed E-state index contributed by atoms with van der Waals surface area (Å²) in [6.45, 7) is 4.56. The van der Waals surface area contributed by atoms with Gasteiger partial charge in [0, 0.05) is 18.2 Å². The summed E-state index contributed by atoms with van der Waals surface area (Å²) in [5.41, 5.74) is 7.41. The average molecular weight is 220 g/mol. The number of anilines is 1. The quantitative estimate of drug-likeness (QED) is 0.801. The standard InChI is InChI=1S/C13H20N2O/c1-3-4-10(2)13(16)15-12-7-5-11(9-14)6-8-12/h5-8,10H,3-4,9,14H2,1-2H3,(H,15,16). The molecule has 0 aliphatic rings. The van der Waals surface area contributed by atoms with Gasteiger partial charge in [-0.3, -0.25) is 4.79 Å². The molecule has 0 spiro atoms. The van der Waals surface area contributed by atoms with Crippen LogP contribution in [0.3, 0.4) is 0 Å². The number of benzene rings is 1. The fraction of sp³-hybridized carbons (Fsp3) is 0.462. The Bertz CT molecular complexity index is 332. The molecule has 88 valence electrons. The van der Waals surface area contributed by atoms with E-state index >= 15 is 0 Å². The van der Waals surface area contributed by atoms with E-state index in [1.165, 1.54) is 0 Å². The van der Waals surface area contributed by atoms with E-state index in [-0.39, 0.29) is 11.8 Å². The third kappa shape index (κ3) is 3.66. The highest BCUT2D eigenvalue weighted by atomic mass is 16.1.